The molecule has 0 radical (unpaired) electrons. The molecule has 33 heavy (non-hydrogen) atoms. The molecule has 168 valence electrons. The van der Waals surface area contributed by atoms with Crippen molar-refractivity contribution in [1.29, 1.82) is 0 Å². The normalized spacial score (nSPS) is 10.9. The second-order valence-electron chi connectivity index (χ2n) is 7.62. The number of halogens is 1. The third-order valence-electron chi connectivity index (χ3n) is 5.36. The Morgan fingerprint density at radius 3 is 2.55 bits per heavy atom. The van der Waals surface area contributed by atoms with E-state index in [9.17, 15) is 14.4 Å². The highest BCUT2D eigenvalue weighted by atomic mass is 35.5. The van der Waals surface area contributed by atoms with E-state index in [1.54, 1.807) is 42.5 Å². The summed E-state index contributed by atoms with van der Waals surface area (Å²) in [5.74, 6) is -0.694. The van der Waals surface area contributed by atoms with Crippen molar-refractivity contribution >= 4 is 34.6 Å². The van der Waals surface area contributed by atoms with Gasteiger partial charge in [-0.3, -0.25) is 18.8 Å². The molecule has 0 fully saturated rings. The molecule has 0 aliphatic rings. The van der Waals surface area contributed by atoms with Crippen LogP contribution < -0.4 is 16.2 Å². The Bertz CT molecular complexity index is 1410. The van der Waals surface area contributed by atoms with Gasteiger partial charge < -0.3 is 10.6 Å². The molecule has 0 saturated carbocycles. The zero-order valence-corrected chi connectivity index (χ0v) is 18.9. The molecule has 8 nitrogen and oxygen atoms in total. The molecule has 2 N–H and O–H groups in total. The zero-order valence-electron chi connectivity index (χ0n) is 18.1. The number of hydrogen-bond donors (Lipinski definition) is 2. The monoisotopic (exact) mass is 463 g/mol. The summed E-state index contributed by atoms with van der Waals surface area (Å²) in [4.78, 5) is 38.5. The van der Waals surface area contributed by atoms with Crippen LogP contribution in [0.25, 0.3) is 5.52 Å². The van der Waals surface area contributed by atoms with Crippen LogP contribution in [0.15, 0.2) is 65.7 Å². The number of rotatable bonds is 6. The molecule has 2 amide bonds. The molecular weight excluding hydrogens is 442 g/mol. The molecule has 2 heterocycles. The Hall–Kier alpha value is -3.91. The van der Waals surface area contributed by atoms with E-state index >= 15 is 0 Å². The average molecular weight is 464 g/mol. The molecule has 0 saturated heterocycles. The summed E-state index contributed by atoms with van der Waals surface area (Å²) in [5.41, 5.74) is 2.91. The number of carbonyl (C=O) groups is 2. The minimum Gasteiger partial charge on any atom is -0.348 e. The minimum atomic E-state index is -0.457. The summed E-state index contributed by atoms with van der Waals surface area (Å²) in [6, 6.07) is 16.3. The van der Waals surface area contributed by atoms with E-state index in [-0.39, 0.29) is 12.5 Å². The topological polar surface area (TPSA) is 97.5 Å². The summed E-state index contributed by atoms with van der Waals surface area (Å²) in [5, 5.41) is 10.2. The standard InChI is InChI=1S/C24H22ClN5O3/c1-15-21(23(32)26-12-17-7-4-3-5-8-17)16(2)29-14-27-30(24(33)22(15)29)13-20(31)28-19-10-6-9-18(25)11-19/h3-11,14H,12-13H2,1-2H3,(H,26,32)(H,28,31). The summed E-state index contributed by atoms with van der Waals surface area (Å²) in [6.07, 6.45) is 1.44. The number of fused-ring (bicyclic) bond motifs is 1. The van der Waals surface area contributed by atoms with Crippen molar-refractivity contribution in [3.05, 3.63) is 98.7 Å². The fraction of sp³-hybridized carbons (Fsp3) is 0.167. The molecule has 0 aliphatic carbocycles. The second-order valence-corrected chi connectivity index (χ2v) is 8.06. The van der Waals surface area contributed by atoms with Crippen LogP contribution in [0.5, 0.6) is 0 Å². The largest absolute Gasteiger partial charge is 0.348 e. The van der Waals surface area contributed by atoms with Gasteiger partial charge in [0.25, 0.3) is 11.5 Å². The fourth-order valence-electron chi connectivity index (χ4n) is 3.77. The van der Waals surface area contributed by atoms with Crippen molar-refractivity contribution in [2.75, 3.05) is 5.32 Å². The Kier molecular flexibility index (Phi) is 6.28. The predicted molar refractivity (Wildman–Crippen MR) is 127 cm³/mol. The third kappa shape index (κ3) is 4.65. The molecule has 0 spiro atoms. The number of aryl methyl sites for hydroxylation is 2. The average Bonchev–Trinajstić information content (AvgIpc) is 3.05. The predicted octanol–water partition coefficient (Wildman–Crippen LogP) is 3.33. The van der Waals surface area contributed by atoms with E-state index in [1.165, 1.54) is 6.33 Å². The van der Waals surface area contributed by atoms with Gasteiger partial charge in [-0.2, -0.15) is 5.10 Å². The number of anilines is 1. The molecule has 0 atom stereocenters. The Labute approximate surface area is 194 Å². The van der Waals surface area contributed by atoms with E-state index in [0.29, 0.717) is 39.6 Å². The van der Waals surface area contributed by atoms with Gasteiger partial charge in [0.2, 0.25) is 5.91 Å². The first-order valence-electron chi connectivity index (χ1n) is 10.3. The highest BCUT2D eigenvalue weighted by Gasteiger charge is 2.22. The minimum absolute atomic E-state index is 0.276. The number of benzene rings is 2. The summed E-state index contributed by atoms with van der Waals surface area (Å²) in [7, 11) is 0. The lowest BCUT2D eigenvalue weighted by atomic mass is 10.1. The van der Waals surface area contributed by atoms with Gasteiger partial charge in [-0.1, -0.05) is 48.0 Å². The van der Waals surface area contributed by atoms with Gasteiger partial charge in [-0.05, 0) is 43.2 Å². The molecule has 0 aliphatic heterocycles. The first-order valence-corrected chi connectivity index (χ1v) is 10.7. The molecule has 0 bridgehead atoms. The third-order valence-corrected chi connectivity index (χ3v) is 5.60. The van der Waals surface area contributed by atoms with Gasteiger partial charge >= 0.3 is 0 Å². The molecule has 9 heteroatoms. The van der Waals surface area contributed by atoms with Crippen molar-refractivity contribution in [2.45, 2.75) is 26.9 Å². The van der Waals surface area contributed by atoms with Gasteiger partial charge in [0.1, 0.15) is 18.4 Å². The van der Waals surface area contributed by atoms with Crippen LogP contribution in [0.1, 0.15) is 27.2 Å². The van der Waals surface area contributed by atoms with Crippen LogP contribution in [0.3, 0.4) is 0 Å². The van der Waals surface area contributed by atoms with Crippen molar-refractivity contribution in [3.63, 3.8) is 0 Å². The van der Waals surface area contributed by atoms with Gasteiger partial charge in [0, 0.05) is 22.9 Å². The molecule has 4 aromatic rings. The van der Waals surface area contributed by atoms with Crippen LogP contribution in [0.4, 0.5) is 5.69 Å². The van der Waals surface area contributed by atoms with Crippen molar-refractivity contribution in [1.82, 2.24) is 19.5 Å². The summed E-state index contributed by atoms with van der Waals surface area (Å²) in [6.45, 7) is 3.57. The van der Waals surface area contributed by atoms with E-state index in [4.69, 9.17) is 11.6 Å². The van der Waals surface area contributed by atoms with E-state index in [0.717, 1.165) is 10.2 Å². The maximum atomic E-state index is 13.1. The number of amides is 2. The number of aromatic nitrogens is 3. The van der Waals surface area contributed by atoms with Gasteiger partial charge in [-0.25, -0.2) is 4.68 Å². The zero-order chi connectivity index (χ0) is 23.5. The molecule has 0 unspecified atom stereocenters. The first kappa shape index (κ1) is 22.3. The van der Waals surface area contributed by atoms with Gasteiger partial charge in [0.15, 0.2) is 0 Å². The molecule has 4 rings (SSSR count). The molecule has 2 aromatic heterocycles. The number of carbonyl (C=O) groups excluding carboxylic acids is 2. The SMILES string of the molecule is Cc1c(C(=O)NCc2ccccc2)c(C)n2cnn(CC(=O)Nc3cccc(Cl)c3)c(=O)c12. The lowest BCUT2D eigenvalue weighted by molar-refractivity contribution is -0.117. The van der Waals surface area contributed by atoms with Crippen molar-refractivity contribution in [2.24, 2.45) is 0 Å². The second kappa shape index (κ2) is 9.30. The Morgan fingerprint density at radius 2 is 1.82 bits per heavy atom. The lowest BCUT2D eigenvalue weighted by Crippen LogP contribution is -2.30. The Morgan fingerprint density at radius 1 is 1.06 bits per heavy atom. The molecule has 2 aromatic carbocycles. The molecular formula is C24H22ClN5O3. The number of hydrogen-bond acceptors (Lipinski definition) is 4. The van der Waals surface area contributed by atoms with Crippen LogP contribution in [0.2, 0.25) is 5.02 Å². The van der Waals surface area contributed by atoms with Crippen LogP contribution in [0, 0.1) is 13.8 Å². The maximum Gasteiger partial charge on any atom is 0.291 e. The maximum absolute atomic E-state index is 13.1. The van der Waals surface area contributed by atoms with Crippen molar-refractivity contribution < 1.29 is 9.59 Å². The quantitative estimate of drug-likeness (QED) is 0.458. The lowest BCUT2D eigenvalue weighted by Gasteiger charge is -2.08. The summed E-state index contributed by atoms with van der Waals surface area (Å²) >= 11 is 5.94. The summed E-state index contributed by atoms with van der Waals surface area (Å²) < 4.78 is 2.66. The van der Waals surface area contributed by atoms with E-state index in [1.807, 2.05) is 30.3 Å². The van der Waals surface area contributed by atoms with Crippen molar-refractivity contribution in [3.8, 4) is 0 Å². The van der Waals surface area contributed by atoms with Gasteiger partial charge in [0.05, 0.1) is 5.56 Å². The van der Waals surface area contributed by atoms with E-state index in [2.05, 4.69) is 15.7 Å². The van der Waals surface area contributed by atoms with Gasteiger partial charge in [-0.15, -0.1) is 0 Å². The fourth-order valence-corrected chi connectivity index (χ4v) is 3.96. The number of nitrogens with one attached hydrogen (secondary N) is 2. The Balaban J connectivity index is 1.58. The van der Waals surface area contributed by atoms with Crippen LogP contribution in [-0.2, 0) is 17.9 Å². The number of nitrogens with zero attached hydrogens (tertiary/aromatic N) is 3. The highest BCUT2D eigenvalue weighted by Crippen LogP contribution is 2.20. The first-order chi connectivity index (χ1) is 15.8. The van der Waals surface area contributed by atoms with Crippen LogP contribution >= 0.6 is 11.6 Å². The smallest absolute Gasteiger partial charge is 0.291 e. The highest BCUT2D eigenvalue weighted by molar-refractivity contribution is 6.30. The van der Waals surface area contributed by atoms with Crippen LogP contribution in [-0.4, -0.2) is 26.0 Å². The van der Waals surface area contributed by atoms with E-state index < -0.39 is 11.5 Å².